The average molecular weight is 239 g/mol. The van der Waals surface area contributed by atoms with Crippen LogP contribution in [0.4, 0.5) is 5.82 Å². The predicted molar refractivity (Wildman–Crippen MR) is 60.7 cm³/mol. The molecule has 6 heteroatoms. The third kappa shape index (κ3) is 1.78. The minimum Gasteiger partial charge on any atom is -0.360 e. The lowest BCUT2D eigenvalue weighted by atomic mass is 10.5. The second-order valence-electron chi connectivity index (χ2n) is 2.73. The molecule has 0 aliphatic carbocycles. The summed E-state index contributed by atoms with van der Waals surface area (Å²) in [7, 11) is 0. The summed E-state index contributed by atoms with van der Waals surface area (Å²) in [6, 6.07) is 1.77. The van der Waals surface area contributed by atoms with Crippen molar-refractivity contribution >= 4 is 34.8 Å². The molecule has 0 spiro atoms. The highest BCUT2D eigenvalue weighted by Gasteiger charge is 2.12. The van der Waals surface area contributed by atoms with Gasteiger partial charge in [-0.15, -0.1) is 16.3 Å². The number of imidazole rings is 1. The van der Waals surface area contributed by atoms with Crippen molar-refractivity contribution in [3.8, 4) is 0 Å². The third-order valence-electron chi connectivity index (χ3n) is 1.80. The van der Waals surface area contributed by atoms with Crippen LogP contribution in [0, 0.1) is 6.57 Å². The number of halogens is 1. The van der Waals surface area contributed by atoms with Gasteiger partial charge >= 0.3 is 0 Å². The van der Waals surface area contributed by atoms with Crippen molar-refractivity contribution in [1.82, 2.24) is 14.6 Å². The van der Waals surface area contributed by atoms with E-state index in [0.29, 0.717) is 16.6 Å². The van der Waals surface area contributed by atoms with E-state index in [4.69, 9.17) is 18.2 Å². The van der Waals surface area contributed by atoms with Crippen molar-refractivity contribution in [3.05, 3.63) is 28.8 Å². The summed E-state index contributed by atoms with van der Waals surface area (Å²) in [6.07, 6.45) is 1.51. The van der Waals surface area contributed by atoms with Crippen LogP contribution in [0.5, 0.6) is 0 Å². The van der Waals surface area contributed by atoms with Gasteiger partial charge in [0, 0.05) is 0 Å². The molecule has 4 nitrogen and oxygen atoms in total. The van der Waals surface area contributed by atoms with Crippen LogP contribution in [-0.2, 0) is 0 Å². The van der Waals surface area contributed by atoms with Gasteiger partial charge in [-0.05, 0) is 11.8 Å². The Morgan fingerprint density at radius 2 is 2.47 bits per heavy atom. The zero-order chi connectivity index (χ0) is 10.8. The molecule has 0 saturated carbocycles. The Bertz CT molecular complexity index is 543. The molecule has 0 radical (unpaired) electrons. The largest absolute Gasteiger partial charge is 0.360 e. The van der Waals surface area contributed by atoms with Crippen molar-refractivity contribution in [3.63, 3.8) is 0 Å². The average Bonchev–Trinajstić information content (AvgIpc) is 2.61. The maximum atomic E-state index is 6.96. The van der Waals surface area contributed by atoms with Crippen molar-refractivity contribution in [2.45, 2.75) is 11.8 Å². The zero-order valence-electron chi connectivity index (χ0n) is 7.94. The van der Waals surface area contributed by atoms with E-state index in [9.17, 15) is 0 Å². The van der Waals surface area contributed by atoms with Gasteiger partial charge in [-0.3, -0.25) is 0 Å². The minimum atomic E-state index is 0.376. The number of rotatable bonds is 2. The SMILES string of the molecule is [C-]#[N+]c1cnc2c(SCC)cc(Cl)nn12. The summed E-state index contributed by atoms with van der Waals surface area (Å²) in [4.78, 5) is 8.43. The number of thioether (sulfide) groups is 1. The first-order chi connectivity index (χ1) is 7.26. The number of hydrogen-bond acceptors (Lipinski definition) is 3. The van der Waals surface area contributed by atoms with Crippen LogP contribution < -0.4 is 0 Å². The molecule has 0 amide bonds. The van der Waals surface area contributed by atoms with Crippen LogP contribution in [0.25, 0.3) is 10.5 Å². The normalized spacial score (nSPS) is 10.5. The van der Waals surface area contributed by atoms with E-state index in [-0.39, 0.29) is 0 Å². The van der Waals surface area contributed by atoms with Gasteiger partial charge in [0.1, 0.15) is 0 Å². The lowest BCUT2D eigenvalue weighted by Gasteiger charge is -1.98. The molecule has 15 heavy (non-hydrogen) atoms. The van der Waals surface area contributed by atoms with Gasteiger partial charge in [-0.1, -0.05) is 30.2 Å². The summed E-state index contributed by atoms with van der Waals surface area (Å²) in [5, 5.41) is 4.42. The fourth-order valence-corrected chi connectivity index (χ4v) is 2.26. The van der Waals surface area contributed by atoms with Crippen molar-refractivity contribution in [1.29, 1.82) is 0 Å². The number of aromatic nitrogens is 3. The molecular formula is C9H7ClN4S. The van der Waals surface area contributed by atoms with E-state index in [1.165, 1.54) is 10.7 Å². The lowest BCUT2D eigenvalue weighted by Crippen LogP contribution is -1.93. The molecule has 0 aromatic carbocycles. The number of fused-ring (bicyclic) bond motifs is 1. The summed E-state index contributed by atoms with van der Waals surface area (Å²) >= 11 is 7.50. The summed E-state index contributed by atoms with van der Waals surface area (Å²) in [6.45, 7) is 9.01. The van der Waals surface area contributed by atoms with Crippen molar-refractivity contribution < 1.29 is 0 Å². The Hall–Kier alpha value is -1.25. The Morgan fingerprint density at radius 1 is 1.67 bits per heavy atom. The lowest BCUT2D eigenvalue weighted by molar-refractivity contribution is 0.931. The molecule has 0 saturated heterocycles. The molecule has 0 aliphatic heterocycles. The second-order valence-corrected chi connectivity index (χ2v) is 4.42. The van der Waals surface area contributed by atoms with E-state index >= 15 is 0 Å². The van der Waals surface area contributed by atoms with E-state index in [1.54, 1.807) is 17.8 Å². The van der Waals surface area contributed by atoms with Crippen LogP contribution in [0.2, 0.25) is 5.15 Å². The van der Waals surface area contributed by atoms with Crippen molar-refractivity contribution in [2.75, 3.05) is 5.75 Å². The molecule has 2 aromatic rings. The highest BCUT2D eigenvalue weighted by Crippen LogP contribution is 2.27. The monoisotopic (exact) mass is 238 g/mol. The summed E-state index contributed by atoms with van der Waals surface area (Å²) in [5.41, 5.74) is 0.692. The maximum absolute atomic E-state index is 6.96. The topological polar surface area (TPSA) is 34.5 Å². The molecule has 0 bridgehead atoms. The Kier molecular flexibility index (Phi) is 2.80. The van der Waals surface area contributed by atoms with E-state index in [0.717, 1.165) is 10.6 Å². The molecule has 0 atom stereocenters. The van der Waals surface area contributed by atoms with E-state index in [1.807, 2.05) is 6.92 Å². The Morgan fingerprint density at radius 3 is 3.13 bits per heavy atom. The molecule has 2 aromatic heterocycles. The van der Waals surface area contributed by atoms with Gasteiger partial charge in [0.2, 0.25) is 5.65 Å². The zero-order valence-corrected chi connectivity index (χ0v) is 9.51. The smallest absolute Gasteiger partial charge is 0.275 e. The first kappa shape index (κ1) is 10.3. The number of nitrogens with zero attached hydrogens (tertiary/aromatic N) is 4. The van der Waals surface area contributed by atoms with Crippen LogP contribution in [0.1, 0.15) is 6.92 Å². The molecular weight excluding hydrogens is 232 g/mol. The van der Waals surface area contributed by atoms with Crippen LogP contribution in [-0.4, -0.2) is 20.4 Å². The van der Waals surface area contributed by atoms with Gasteiger partial charge in [-0.2, -0.15) is 0 Å². The molecule has 2 heterocycles. The fourth-order valence-electron chi connectivity index (χ4n) is 1.24. The van der Waals surface area contributed by atoms with Crippen LogP contribution in [0.15, 0.2) is 17.2 Å². The third-order valence-corrected chi connectivity index (χ3v) is 2.89. The summed E-state index contributed by atoms with van der Waals surface area (Å²) < 4.78 is 1.48. The van der Waals surface area contributed by atoms with Gasteiger partial charge in [0.25, 0.3) is 5.82 Å². The quantitative estimate of drug-likeness (QED) is 0.596. The Labute approximate surface area is 96.1 Å². The minimum absolute atomic E-state index is 0.376. The number of hydrogen-bond donors (Lipinski definition) is 0. The summed E-state index contributed by atoms with van der Waals surface area (Å²) in [5.74, 6) is 1.31. The molecule has 0 N–H and O–H groups in total. The molecule has 0 unspecified atom stereocenters. The fraction of sp³-hybridized carbons (Fsp3) is 0.222. The molecule has 2 rings (SSSR count). The standard InChI is InChI=1S/C9H7ClN4S/c1-3-15-6-4-7(10)13-14-8(11-2)5-12-9(6)14/h4-5H,3H2,1H3. The van der Waals surface area contributed by atoms with E-state index < -0.39 is 0 Å². The maximum Gasteiger partial charge on any atom is 0.275 e. The molecule has 76 valence electrons. The van der Waals surface area contributed by atoms with Gasteiger partial charge in [-0.25, -0.2) is 4.98 Å². The first-order valence-electron chi connectivity index (χ1n) is 4.30. The van der Waals surface area contributed by atoms with Crippen LogP contribution in [0.3, 0.4) is 0 Å². The van der Waals surface area contributed by atoms with Crippen molar-refractivity contribution in [2.24, 2.45) is 0 Å². The molecule has 0 fully saturated rings. The highest BCUT2D eigenvalue weighted by atomic mass is 35.5. The van der Waals surface area contributed by atoms with Crippen LogP contribution >= 0.6 is 23.4 Å². The van der Waals surface area contributed by atoms with E-state index in [2.05, 4.69) is 14.9 Å². The van der Waals surface area contributed by atoms with Gasteiger partial charge in [0.15, 0.2) is 5.15 Å². The highest BCUT2D eigenvalue weighted by molar-refractivity contribution is 7.99. The first-order valence-corrected chi connectivity index (χ1v) is 5.67. The Balaban J connectivity index is 2.72. The predicted octanol–water partition coefficient (Wildman–Crippen LogP) is 3.05. The van der Waals surface area contributed by atoms with Gasteiger partial charge < -0.3 is 4.85 Å². The second kappa shape index (κ2) is 4.09. The molecule has 0 aliphatic rings. The van der Waals surface area contributed by atoms with Gasteiger partial charge in [0.05, 0.1) is 11.1 Å².